The Labute approximate surface area is 153 Å². The smallest absolute Gasteiger partial charge is 0.410 e. The highest BCUT2D eigenvalue weighted by molar-refractivity contribution is 6.00. The Hall–Kier alpha value is -2.22. The van der Waals surface area contributed by atoms with Gasteiger partial charge in [-0.15, -0.1) is 0 Å². The highest BCUT2D eigenvalue weighted by Crippen LogP contribution is 2.33. The molecule has 1 aliphatic carbocycles. The number of anilines is 1. The molecule has 26 heavy (non-hydrogen) atoms. The van der Waals surface area contributed by atoms with Crippen molar-refractivity contribution in [3.05, 3.63) is 18.5 Å². The fraction of sp³-hybridized carbons (Fsp3) is 0.667. The van der Waals surface area contributed by atoms with Crippen molar-refractivity contribution in [2.75, 3.05) is 18.0 Å². The second-order valence-corrected chi connectivity index (χ2v) is 8.08. The molecule has 3 rings (SSSR count). The van der Waals surface area contributed by atoms with Gasteiger partial charge in [-0.05, 0) is 52.5 Å². The van der Waals surface area contributed by atoms with Gasteiger partial charge in [0.15, 0.2) is 0 Å². The average Bonchev–Trinajstić information content (AvgIpc) is 3.40. The van der Waals surface area contributed by atoms with E-state index in [0.29, 0.717) is 31.9 Å². The predicted octanol–water partition coefficient (Wildman–Crippen LogP) is 1.70. The quantitative estimate of drug-likeness (QED) is 0.879. The molecule has 2 aliphatic rings. The van der Waals surface area contributed by atoms with Crippen molar-refractivity contribution in [1.82, 2.24) is 14.9 Å². The minimum Gasteiger partial charge on any atom is -0.444 e. The van der Waals surface area contributed by atoms with E-state index < -0.39 is 11.1 Å². The number of aromatic nitrogens is 2. The lowest BCUT2D eigenvalue weighted by atomic mass is 9.87. The molecule has 0 bridgehead atoms. The zero-order valence-corrected chi connectivity index (χ0v) is 15.6. The second kappa shape index (κ2) is 6.83. The number of nitrogens with zero attached hydrogens (tertiary/aromatic N) is 4. The zero-order valence-electron chi connectivity index (χ0n) is 15.6. The summed E-state index contributed by atoms with van der Waals surface area (Å²) in [4.78, 5) is 37.1. The van der Waals surface area contributed by atoms with E-state index in [1.807, 2.05) is 20.8 Å². The summed E-state index contributed by atoms with van der Waals surface area (Å²) in [5.74, 6) is 0.245. The maximum Gasteiger partial charge on any atom is 0.410 e. The molecule has 1 saturated heterocycles. The third kappa shape index (κ3) is 4.12. The van der Waals surface area contributed by atoms with Crippen molar-refractivity contribution < 1.29 is 14.3 Å². The van der Waals surface area contributed by atoms with E-state index in [-0.39, 0.29) is 18.0 Å². The van der Waals surface area contributed by atoms with E-state index in [2.05, 4.69) is 9.97 Å². The first-order valence-corrected chi connectivity index (χ1v) is 9.07. The molecular formula is C18H27N5O3. The van der Waals surface area contributed by atoms with E-state index >= 15 is 0 Å². The number of ether oxygens (including phenoxy) is 1. The van der Waals surface area contributed by atoms with Crippen molar-refractivity contribution >= 4 is 17.9 Å². The molecule has 0 radical (unpaired) electrons. The molecule has 2 N–H and O–H groups in total. The van der Waals surface area contributed by atoms with Gasteiger partial charge in [0.2, 0.25) is 11.9 Å². The number of hydrogen-bond donors (Lipinski definition) is 1. The molecule has 8 nitrogen and oxygen atoms in total. The van der Waals surface area contributed by atoms with Gasteiger partial charge in [0.1, 0.15) is 5.60 Å². The molecule has 2 fully saturated rings. The summed E-state index contributed by atoms with van der Waals surface area (Å²) in [6, 6.07) is 1.84. The molecule has 1 aromatic heterocycles. The van der Waals surface area contributed by atoms with Crippen molar-refractivity contribution in [3.8, 4) is 0 Å². The normalized spacial score (nSPS) is 19.8. The van der Waals surface area contributed by atoms with Crippen molar-refractivity contribution in [2.24, 2.45) is 5.73 Å². The third-order valence-corrected chi connectivity index (χ3v) is 4.63. The number of likely N-dealkylation sites (tertiary alicyclic amines) is 1. The van der Waals surface area contributed by atoms with Crippen LogP contribution in [0.3, 0.4) is 0 Å². The molecule has 0 atom stereocenters. The molecule has 2 heterocycles. The number of rotatable bonds is 3. The summed E-state index contributed by atoms with van der Waals surface area (Å²) >= 11 is 0. The summed E-state index contributed by atoms with van der Waals surface area (Å²) in [5.41, 5.74) is 4.91. The largest absolute Gasteiger partial charge is 0.444 e. The highest BCUT2D eigenvalue weighted by Gasteiger charge is 2.46. The fourth-order valence-electron chi connectivity index (χ4n) is 3.04. The minimum absolute atomic E-state index is 0.120. The Balaban J connectivity index is 1.67. The van der Waals surface area contributed by atoms with Crippen LogP contribution in [0.1, 0.15) is 46.5 Å². The van der Waals surface area contributed by atoms with E-state index in [1.54, 1.807) is 28.3 Å². The van der Waals surface area contributed by atoms with E-state index in [9.17, 15) is 9.59 Å². The molecule has 1 saturated carbocycles. The van der Waals surface area contributed by atoms with Crippen LogP contribution in [0.2, 0.25) is 0 Å². The lowest BCUT2D eigenvalue weighted by molar-refractivity contribution is -0.125. The van der Waals surface area contributed by atoms with E-state index in [4.69, 9.17) is 10.5 Å². The van der Waals surface area contributed by atoms with Crippen LogP contribution in [0, 0.1) is 0 Å². The Morgan fingerprint density at radius 2 is 1.81 bits per heavy atom. The van der Waals surface area contributed by atoms with Crippen molar-refractivity contribution in [1.29, 1.82) is 0 Å². The van der Waals surface area contributed by atoms with Gasteiger partial charge in [0.25, 0.3) is 0 Å². The summed E-state index contributed by atoms with van der Waals surface area (Å²) in [5, 5.41) is 0. The first kappa shape index (κ1) is 18.6. The number of carbonyl (C=O) groups excluding carboxylic acids is 2. The summed E-state index contributed by atoms with van der Waals surface area (Å²) in [7, 11) is 0. The Morgan fingerprint density at radius 3 is 2.31 bits per heavy atom. The predicted molar refractivity (Wildman–Crippen MR) is 96.5 cm³/mol. The van der Waals surface area contributed by atoms with Gasteiger partial charge >= 0.3 is 6.09 Å². The van der Waals surface area contributed by atoms with Crippen LogP contribution in [0.5, 0.6) is 0 Å². The monoisotopic (exact) mass is 361 g/mol. The summed E-state index contributed by atoms with van der Waals surface area (Å²) in [6.45, 7) is 6.29. The topological polar surface area (TPSA) is 102 Å². The minimum atomic E-state index is -1.01. The molecule has 2 amide bonds. The fourth-order valence-corrected chi connectivity index (χ4v) is 3.04. The lowest BCUT2D eigenvalue weighted by Gasteiger charge is -2.40. The van der Waals surface area contributed by atoms with Crippen molar-refractivity contribution in [2.45, 2.75) is 63.6 Å². The van der Waals surface area contributed by atoms with Gasteiger partial charge in [-0.2, -0.15) is 0 Å². The summed E-state index contributed by atoms with van der Waals surface area (Å²) < 4.78 is 5.40. The maximum absolute atomic E-state index is 13.2. The molecule has 1 aliphatic heterocycles. The van der Waals surface area contributed by atoms with Gasteiger partial charge < -0.3 is 15.4 Å². The molecule has 8 heteroatoms. The molecule has 0 aromatic carbocycles. The number of hydrogen-bond acceptors (Lipinski definition) is 6. The van der Waals surface area contributed by atoms with Gasteiger partial charge in [-0.3, -0.25) is 9.69 Å². The SMILES string of the molecule is CC(C)(C)OC(=O)N1CCC(N)(C(=O)N(c2ncccn2)C2CC2)CC1. The Bertz CT molecular complexity index is 661. The lowest BCUT2D eigenvalue weighted by Crippen LogP contribution is -2.62. The Morgan fingerprint density at radius 1 is 1.23 bits per heavy atom. The number of amides is 2. The molecule has 0 unspecified atom stereocenters. The van der Waals surface area contributed by atoms with Gasteiger partial charge in [0, 0.05) is 31.5 Å². The van der Waals surface area contributed by atoms with Crippen LogP contribution in [0.15, 0.2) is 18.5 Å². The van der Waals surface area contributed by atoms with Crippen LogP contribution in [-0.4, -0.2) is 57.1 Å². The van der Waals surface area contributed by atoms with Crippen LogP contribution in [0.4, 0.5) is 10.7 Å². The first-order chi connectivity index (χ1) is 12.2. The molecule has 0 spiro atoms. The summed E-state index contributed by atoms with van der Waals surface area (Å²) in [6.07, 6.45) is 5.53. The molecule has 1 aromatic rings. The third-order valence-electron chi connectivity index (χ3n) is 4.63. The number of carbonyl (C=O) groups is 2. The molecular weight excluding hydrogens is 334 g/mol. The maximum atomic E-state index is 13.2. The van der Waals surface area contributed by atoms with Gasteiger partial charge in [-0.25, -0.2) is 14.8 Å². The Kier molecular flexibility index (Phi) is 4.88. The second-order valence-electron chi connectivity index (χ2n) is 8.08. The number of nitrogens with two attached hydrogens (primary N) is 1. The highest BCUT2D eigenvalue weighted by atomic mass is 16.6. The van der Waals surface area contributed by atoms with Crippen LogP contribution >= 0.6 is 0 Å². The van der Waals surface area contributed by atoms with E-state index in [1.165, 1.54) is 0 Å². The van der Waals surface area contributed by atoms with Gasteiger partial charge in [-0.1, -0.05) is 0 Å². The zero-order chi connectivity index (χ0) is 18.9. The van der Waals surface area contributed by atoms with Crippen LogP contribution in [0.25, 0.3) is 0 Å². The van der Waals surface area contributed by atoms with Crippen molar-refractivity contribution in [3.63, 3.8) is 0 Å². The average molecular weight is 361 g/mol. The van der Waals surface area contributed by atoms with Crippen LogP contribution in [-0.2, 0) is 9.53 Å². The molecule has 142 valence electrons. The standard InChI is InChI=1S/C18H27N5O3/c1-17(2,3)26-16(25)22-11-7-18(19,8-12-22)14(24)23(13-5-6-13)15-20-9-4-10-21-15/h4,9-10,13H,5-8,11-12,19H2,1-3H3. The number of piperidine rings is 1. The van der Waals surface area contributed by atoms with Crippen LogP contribution < -0.4 is 10.6 Å². The van der Waals surface area contributed by atoms with Gasteiger partial charge in [0.05, 0.1) is 5.54 Å². The first-order valence-electron chi connectivity index (χ1n) is 9.07. The van der Waals surface area contributed by atoms with E-state index in [0.717, 1.165) is 12.8 Å².